The molecule has 2 N–H and O–H groups in total. The molecular formula is C28H33F5N2O3. The van der Waals surface area contributed by atoms with Crippen molar-refractivity contribution in [2.75, 3.05) is 6.61 Å². The topological polar surface area (TPSA) is 67.4 Å². The van der Waals surface area contributed by atoms with E-state index in [0.29, 0.717) is 23.6 Å². The van der Waals surface area contributed by atoms with Crippen molar-refractivity contribution in [2.45, 2.75) is 65.7 Å². The van der Waals surface area contributed by atoms with E-state index in [1.165, 1.54) is 20.0 Å². The Bertz CT molecular complexity index is 1150. The number of halogens is 5. The lowest BCUT2D eigenvalue weighted by molar-refractivity contribution is -0.143. The summed E-state index contributed by atoms with van der Waals surface area (Å²) in [7, 11) is 0. The second kappa shape index (κ2) is 12.9. The van der Waals surface area contributed by atoms with Crippen molar-refractivity contribution in [3.8, 4) is 11.1 Å². The monoisotopic (exact) mass is 540 g/mol. The van der Waals surface area contributed by atoms with Crippen LogP contribution < -0.4 is 10.6 Å². The Kier molecular flexibility index (Phi) is 10.4. The van der Waals surface area contributed by atoms with Crippen molar-refractivity contribution in [1.82, 2.24) is 10.6 Å². The summed E-state index contributed by atoms with van der Waals surface area (Å²) in [4.78, 5) is 25.5. The Morgan fingerprint density at radius 1 is 1.08 bits per heavy atom. The van der Waals surface area contributed by atoms with E-state index < -0.39 is 59.3 Å². The fourth-order valence-electron chi connectivity index (χ4n) is 4.38. The zero-order chi connectivity index (χ0) is 28.8. The Hall–Kier alpha value is -3.43. The molecule has 208 valence electrons. The fraction of sp³-hybridized carbons (Fsp3) is 0.429. The number of carbonyl (C=O) groups is 2. The van der Waals surface area contributed by atoms with Crippen molar-refractivity contribution < 1.29 is 36.3 Å². The van der Waals surface area contributed by atoms with E-state index in [0.717, 1.165) is 18.2 Å². The van der Waals surface area contributed by atoms with Gasteiger partial charge in [0.15, 0.2) is 0 Å². The molecule has 0 saturated carbocycles. The number of aryl methyl sites for hydroxylation is 2. The molecule has 0 aliphatic heterocycles. The van der Waals surface area contributed by atoms with Crippen LogP contribution in [0.4, 0.5) is 22.0 Å². The lowest BCUT2D eigenvalue weighted by Gasteiger charge is -2.26. The molecule has 0 bridgehead atoms. The van der Waals surface area contributed by atoms with Gasteiger partial charge in [0.2, 0.25) is 5.91 Å². The van der Waals surface area contributed by atoms with Crippen LogP contribution in [0.3, 0.4) is 0 Å². The lowest BCUT2D eigenvalue weighted by atomic mass is 9.90. The number of carbonyl (C=O) groups excluding carboxylic acids is 2. The van der Waals surface area contributed by atoms with Crippen LogP contribution in [0, 0.1) is 31.4 Å². The van der Waals surface area contributed by atoms with Crippen molar-refractivity contribution in [1.29, 1.82) is 0 Å². The molecule has 2 atom stereocenters. The summed E-state index contributed by atoms with van der Waals surface area (Å²) in [5.74, 6) is -3.61. The largest absolute Gasteiger partial charge is 0.466 e. The van der Waals surface area contributed by atoms with Crippen LogP contribution in [0.15, 0.2) is 37.0 Å². The van der Waals surface area contributed by atoms with Gasteiger partial charge in [-0.3, -0.25) is 9.59 Å². The first kappa shape index (κ1) is 30.8. The zero-order valence-corrected chi connectivity index (χ0v) is 22.1. The van der Waals surface area contributed by atoms with E-state index in [1.54, 1.807) is 6.92 Å². The molecule has 0 fully saturated rings. The fourth-order valence-corrected chi connectivity index (χ4v) is 4.38. The molecule has 0 saturated heterocycles. The number of nitrogens with one attached hydrogen (secondary N) is 2. The van der Waals surface area contributed by atoms with Gasteiger partial charge in [-0.2, -0.15) is 13.2 Å². The molecule has 2 aromatic carbocycles. The minimum atomic E-state index is -5.08. The van der Waals surface area contributed by atoms with Crippen molar-refractivity contribution in [3.05, 3.63) is 70.9 Å². The minimum Gasteiger partial charge on any atom is -0.466 e. The number of alkyl halides is 3. The van der Waals surface area contributed by atoms with Gasteiger partial charge < -0.3 is 15.4 Å². The summed E-state index contributed by atoms with van der Waals surface area (Å²) in [6.45, 7) is 11.9. The predicted molar refractivity (Wildman–Crippen MR) is 135 cm³/mol. The van der Waals surface area contributed by atoms with Gasteiger partial charge in [0.05, 0.1) is 24.6 Å². The molecule has 0 radical (unpaired) electrons. The molecule has 10 heteroatoms. The van der Waals surface area contributed by atoms with Crippen molar-refractivity contribution in [2.24, 2.45) is 5.92 Å². The molecule has 0 aromatic heterocycles. The lowest BCUT2D eigenvalue weighted by Crippen LogP contribution is -2.45. The van der Waals surface area contributed by atoms with E-state index in [4.69, 9.17) is 4.74 Å². The number of benzene rings is 2. The molecule has 0 aliphatic carbocycles. The van der Waals surface area contributed by atoms with Gasteiger partial charge in [0.1, 0.15) is 17.7 Å². The first-order valence-electron chi connectivity index (χ1n) is 12.2. The summed E-state index contributed by atoms with van der Waals surface area (Å²) in [6.07, 6.45) is -4.05. The molecule has 1 amide bonds. The standard InChI is InChI=1S/C28H33F5N2O3/c1-7-34-23(9-15(3)4)27(37)35-22(14-24(36)38-8-2)20-12-18(13-21(26(20)30)28(31,32)33)25-16(5)10-19(29)11-17(25)6/h7,10-13,15,22-23,34H,1,8-9,14H2,2-6H3,(H,35,37)/t22-,23?/m0/s1. The summed E-state index contributed by atoms with van der Waals surface area (Å²) in [6, 6.07) is 1.82. The second-order valence-corrected chi connectivity index (χ2v) is 9.46. The predicted octanol–water partition coefficient (Wildman–Crippen LogP) is 6.53. The third-order valence-electron chi connectivity index (χ3n) is 5.90. The molecule has 5 nitrogen and oxygen atoms in total. The summed E-state index contributed by atoms with van der Waals surface area (Å²) in [5.41, 5.74) is -1.18. The third-order valence-corrected chi connectivity index (χ3v) is 5.90. The Morgan fingerprint density at radius 2 is 1.68 bits per heavy atom. The molecule has 2 rings (SSSR count). The highest BCUT2D eigenvalue weighted by Gasteiger charge is 2.38. The average molecular weight is 541 g/mol. The number of hydrogen-bond acceptors (Lipinski definition) is 4. The summed E-state index contributed by atoms with van der Waals surface area (Å²) >= 11 is 0. The van der Waals surface area contributed by atoms with Crippen LogP contribution in [0.2, 0.25) is 0 Å². The summed E-state index contributed by atoms with van der Waals surface area (Å²) in [5, 5.41) is 5.32. The van der Waals surface area contributed by atoms with Crippen LogP contribution in [-0.2, 0) is 20.5 Å². The van der Waals surface area contributed by atoms with E-state index in [-0.39, 0.29) is 23.7 Å². The zero-order valence-electron chi connectivity index (χ0n) is 22.1. The first-order valence-corrected chi connectivity index (χ1v) is 12.2. The molecule has 0 aliphatic rings. The number of esters is 1. The quantitative estimate of drug-likeness (QED) is 0.251. The number of rotatable bonds is 11. The van der Waals surface area contributed by atoms with Crippen LogP contribution in [-0.4, -0.2) is 24.5 Å². The van der Waals surface area contributed by atoms with Gasteiger partial charge in [0.25, 0.3) is 0 Å². The highest BCUT2D eigenvalue weighted by atomic mass is 19.4. The highest BCUT2D eigenvalue weighted by molar-refractivity contribution is 5.83. The van der Waals surface area contributed by atoms with Gasteiger partial charge in [-0.05, 0) is 85.8 Å². The highest BCUT2D eigenvalue weighted by Crippen LogP contribution is 2.40. The van der Waals surface area contributed by atoms with Gasteiger partial charge in [0, 0.05) is 5.56 Å². The maximum absolute atomic E-state index is 15.5. The molecule has 2 aromatic rings. The number of amides is 1. The van der Waals surface area contributed by atoms with Crippen molar-refractivity contribution >= 4 is 11.9 Å². The maximum atomic E-state index is 15.5. The Morgan fingerprint density at radius 3 is 2.18 bits per heavy atom. The third kappa shape index (κ3) is 7.79. The first-order chi connectivity index (χ1) is 17.7. The summed E-state index contributed by atoms with van der Waals surface area (Å²) < 4.78 is 76.3. The Balaban J connectivity index is 2.75. The van der Waals surface area contributed by atoms with E-state index >= 15 is 4.39 Å². The number of ether oxygens (including phenoxy) is 1. The molecule has 0 spiro atoms. The van der Waals surface area contributed by atoms with Gasteiger partial charge in [-0.15, -0.1) is 0 Å². The van der Waals surface area contributed by atoms with Crippen LogP contribution in [0.5, 0.6) is 0 Å². The van der Waals surface area contributed by atoms with Gasteiger partial charge >= 0.3 is 12.1 Å². The van der Waals surface area contributed by atoms with Crippen LogP contribution in [0.25, 0.3) is 11.1 Å². The second-order valence-electron chi connectivity index (χ2n) is 9.46. The molecule has 38 heavy (non-hydrogen) atoms. The normalized spacial score (nSPS) is 13.1. The van der Waals surface area contributed by atoms with Crippen LogP contribution >= 0.6 is 0 Å². The minimum absolute atomic E-state index is 0.0161. The number of hydrogen-bond donors (Lipinski definition) is 2. The maximum Gasteiger partial charge on any atom is 0.419 e. The SMILES string of the molecule is C=CNC(CC(C)C)C(=O)N[C@@H](CC(=O)OCC)c1cc(-c2c(C)cc(F)cc2C)cc(C(F)(F)F)c1F. The van der Waals surface area contributed by atoms with E-state index in [1.807, 2.05) is 13.8 Å². The van der Waals surface area contributed by atoms with Gasteiger partial charge in [-0.25, -0.2) is 8.78 Å². The van der Waals surface area contributed by atoms with Gasteiger partial charge in [-0.1, -0.05) is 20.4 Å². The molecule has 1 unspecified atom stereocenters. The Labute approximate surface area is 219 Å². The molecule has 0 heterocycles. The smallest absolute Gasteiger partial charge is 0.419 e. The van der Waals surface area contributed by atoms with Crippen LogP contribution in [0.1, 0.15) is 61.9 Å². The van der Waals surface area contributed by atoms with Crippen molar-refractivity contribution in [3.63, 3.8) is 0 Å². The van der Waals surface area contributed by atoms with E-state index in [2.05, 4.69) is 17.2 Å². The average Bonchev–Trinajstić information content (AvgIpc) is 2.77. The molecular weight excluding hydrogens is 507 g/mol. The van der Waals surface area contributed by atoms with E-state index in [9.17, 15) is 27.2 Å².